The zero-order valence-electron chi connectivity index (χ0n) is 9.70. The molecule has 9 heteroatoms. The molecule has 0 aromatic rings. The van der Waals surface area contributed by atoms with Crippen LogP contribution in [0.4, 0.5) is 0 Å². The number of rotatable bonds is 0. The van der Waals surface area contributed by atoms with Gasteiger partial charge in [-0.25, -0.2) is 4.57 Å². The Labute approximate surface area is 125 Å². The first-order valence-corrected chi connectivity index (χ1v) is 2.35. The summed E-state index contributed by atoms with van der Waals surface area (Å²) in [6.45, 7) is 0. The molecule has 0 heterocycles. The fourth-order valence-electron chi connectivity index (χ4n) is 0. The van der Waals surface area contributed by atoms with E-state index in [0.29, 0.717) is 0 Å². The van der Waals surface area contributed by atoms with Crippen molar-refractivity contribution in [1.82, 2.24) is 0 Å². The molecule has 0 atom stereocenters. The van der Waals surface area contributed by atoms with Gasteiger partial charge >= 0.3 is 97.9 Å². The molecule has 0 aliphatic rings. The zero-order valence-corrected chi connectivity index (χ0v) is 12.6. The molecular formula is H9Na3O5P+. The van der Waals surface area contributed by atoms with E-state index in [2.05, 4.69) is 0 Å². The summed E-state index contributed by atoms with van der Waals surface area (Å²) in [4.78, 5) is 21.6. The molecule has 0 aromatic carbocycles. The van der Waals surface area contributed by atoms with Gasteiger partial charge in [0.1, 0.15) is 0 Å². The van der Waals surface area contributed by atoms with Crippen LogP contribution >= 0.6 is 7.82 Å². The van der Waals surface area contributed by atoms with Crippen molar-refractivity contribution < 1.29 is 119 Å². The molecule has 5 nitrogen and oxygen atoms in total. The molecule has 0 aliphatic heterocycles. The summed E-state index contributed by atoms with van der Waals surface area (Å²) >= 11 is 0. The minimum absolute atomic E-state index is 0. The van der Waals surface area contributed by atoms with E-state index in [0.717, 1.165) is 0 Å². The normalized spacial score (nSPS) is 6.56. The second-order valence-corrected chi connectivity index (χ2v) is 1.54. The summed E-state index contributed by atoms with van der Waals surface area (Å²) in [6, 6.07) is 0. The quantitative estimate of drug-likeness (QED) is 0.259. The van der Waals surface area contributed by atoms with E-state index in [4.69, 9.17) is 19.2 Å². The van der Waals surface area contributed by atoms with E-state index < -0.39 is 7.82 Å². The summed E-state index contributed by atoms with van der Waals surface area (Å²) in [7, 11) is -4.64. The van der Waals surface area contributed by atoms with Crippen molar-refractivity contribution in [2.45, 2.75) is 0 Å². The summed E-state index contributed by atoms with van der Waals surface area (Å²) in [6.07, 6.45) is 0. The van der Waals surface area contributed by atoms with Gasteiger partial charge < -0.3 is 24.4 Å². The van der Waals surface area contributed by atoms with Crippen LogP contribution in [0.3, 0.4) is 0 Å². The van der Waals surface area contributed by atoms with Gasteiger partial charge in [-0.2, -0.15) is 0 Å². The average molecular weight is 189 g/mol. The number of hydrogen-bond donors (Lipinski definition) is 3. The zero-order chi connectivity index (χ0) is 4.50. The molecule has 0 aromatic heterocycles. The maximum atomic E-state index is 8.88. The second-order valence-electron chi connectivity index (χ2n) is 0.513. The molecule has 5 N–H and O–H groups in total. The fraction of sp³-hybridized carbons (Fsp3) is 0. The predicted molar refractivity (Wildman–Crippen MR) is 22.3 cm³/mol. The van der Waals surface area contributed by atoms with Crippen LogP contribution in [0.2, 0.25) is 0 Å². The maximum Gasteiger partial charge on any atom is 1.00 e. The van der Waals surface area contributed by atoms with Crippen molar-refractivity contribution in [2.24, 2.45) is 0 Å². The Balaban J connectivity index is -0.00000000286. The molecule has 0 bridgehead atoms. The van der Waals surface area contributed by atoms with Gasteiger partial charge in [0.2, 0.25) is 0 Å². The molecule has 0 fully saturated rings. The van der Waals surface area contributed by atoms with E-state index in [-0.39, 0.29) is 99.9 Å². The van der Waals surface area contributed by atoms with Crippen molar-refractivity contribution in [3.63, 3.8) is 0 Å². The van der Waals surface area contributed by atoms with Crippen LogP contribution in [0, 0.1) is 0 Å². The van der Waals surface area contributed by atoms with Crippen LogP contribution in [-0.4, -0.2) is 20.2 Å². The Morgan fingerprint density at radius 3 is 1.11 bits per heavy atom. The molecule has 0 spiro atoms. The van der Waals surface area contributed by atoms with Gasteiger partial charge in [0.05, 0.1) is 0 Å². The number of hydrogen-bond acceptors (Lipinski definition) is 1. The fourth-order valence-corrected chi connectivity index (χ4v) is 0. The monoisotopic (exact) mass is 189 g/mol. The smallest absolute Gasteiger partial charge is 1.00 e. The molecule has 0 amide bonds. The van der Waals surface area contributed by atoms with Crippen molar-refractivity contribution >= 4 is 7.82 Å². The molecule has 0 saturated heterocycles. The minimum atomic E-state index is -4.64. The summed E-state index contributed by atoms with van der Waals surface area (Å²) < 4.78 is 8.88. The summed E-state index contributed by atoms with van der Waals surface area (Å²) in [5, 5.41) is 0. The third-order valence-corrected chi connectivity index (χ3v) is 0. The molecule has 46 valence electrons. The van der Waals surface area contributed by atoms with Crippen LogP contribution in [-0.2, 0) is 4.57 Å². The van der Waals surface area contributed by atoms with Gasteiger partial charge in [0.25, 0.3) is 0 Å². The Morgan fingerprint density at radius 1 is 1.11 bits per heavy atom. The van der Waals surface area contributed by atoms with Crippen LogP contribution in [0.1, 0.15) is 5.71 Å². The average Bonchev–Trinajstić information content (AvgIpc) is 0.722. The van der Waals surface area contributed by atoms with Gasteiger partial charge in [-0.05, 0) is 0 Å². The van der Waals surface area contributed by atoms with Gasteiger partial charge in [-0.1, -0.05) is 0 Å². The molecule has 0 saturated carbocycles. The molecule has 0 rings (SSSR count). The third kappa shape index (κ3) is 96.6. The second kappa shape index (κ2) is 13.6. The molecule has 0 radical (unpaired) electrons. The van der Waals surface area contributed by atoms with Crippen LogP contribution in [0.5, 0.6) is 0 Å². The first kappa shape index (κ1) is 29.6. The van der Waals surface area contributed by atoms with E-state index >= 15 is 0 Å². The molecular weight excluding hydrogens is 180 g/mol. The summed E-state index contributed by atoms with van der Waals surface area (Å²) in [5.74, 6) is 0. The van der Waals surface area contributed by atoms with E-state index in [1.165, 1.54) is 0 Å². The van der Waals surface area contributed by atoms with E-state index in [9.17, 15) is 0 Å². The predicted octanol–water partition coefficient (Wildman–Crippen LogP) is -10.3. The minimum Gasteiger partial charge on any atom is -1.00 e. The molecule has 0 aliphatic carbocycles. The maximum absolute atomic E-state index is 8.88. The largest absolute Gasteiger partial charge is 1.00 e. The van der Waals surface area contributed by atoms with Crippen molar-refractivity contribution in [3.8, 4) is 0 Å². The SMILES string of the molecule is O.O=P(O)(O)O.[H+].[H-].[H-].[H-].[Na+].[Na+].[Na+]. The van der Waals surface area contributed by atoms with Crippen molar-refractivity contribution in [1.29, 1.82) is 0 Å². The first-order chi connectivity index (χ1) is 2.00. The van der Waals surface area contributed by atoms with Crippen LogP contribution < -0.4 is 88.7 Å². The Hall–Kier alpha value is 3.07. The standard InChI is InChI=1S/3Na.H3O4P.H2O.3H/c;;;1-5(2,3)4;;;;/h;;;(H3,1,2,3,4);1H2;;;/q3*+1;;;3*-1/p+1. The van der Waals surface area contributed by atoms with Crippen LogP contribution in [0.25, 0.3) is 0 Å². The topological polar surface area (TPSA) is 109 Å². The first-order valence-electron chi connectivity index (χ1n) is 0.783. The van der Waals surface area contributed by atoms with Gasteiger partial charge in [0.15, 0.2) is 0 Å². The third-order valence-electron chi connectivity index (χ3n) is 0. The summed E-state index contributed by atoms with van der Waals surface area (Å²) in [5.41, 5.74) is 0. The molecule has 0 unspecified atom stereocenters. The van der Waals surface area contributed by atoms with Gasteiger partial charge in [-0.15, -0.1) is 0 Å². The Morgan fingerprint density at radius 2 is 1.11 bits per heavy atom. The van der Waals surface area contributed by atoms with E-state index in [1.807, 2.05) is 0 Å². The van der Waals surface area contributed by atoms with Crippen LogP contribution in [0.15, 0.2) is 0 Å². The van der Waals surface area contributed by atoms with E-state index in [1.54, 1.807) is 0 Å². The van der Waals surface area contributed by atoms with Gasteiger partial charge in [-0.3, -0.25) is 0 Å². The Kier molecular flexibility index (Phi) is 44.9. The van der Waals surface area contributed by atoms with Crippen molar-refractivity contribution in [2.75, 3.05) is 0 Å². The Bertz CT molecular complexity index is 69.9. The van der Waals surface area contributed by atoms with Crippen molar-refractivity contribution in [3.05, 3.63) is 0 Å². The molecule has 9 heavy (non-hydrogen) atoms. The number of phosphoric acid groups is 1. The van der Waals surface area contributed by atoms with Gasteiger partial charge in [0, 0.05) is 0 Å².